The summed E-state index contributed by atoms with van der Waals surface area (Å²) in [6.45, 7) is 5.63. The van der Waals surface area contributed by atoms with Crippen molar-refractivity contribution in [2.75, 3.05) is 24.6 Å². The molecular weight excluding hydrogens is 310 g/mol. The average molecular weight is 337 g/mol. The molecule has 0 spiro atoms. The Morgan fingerprint density at radius 3 is 2.56 bits per heavy atom. The number of hydrogen-bond acceptors (Lipinski definition) is 4. The monoisotopic (exact) mass is 337 g/mol. The predicted octanol–water partition coefficient (Wildman–Crippen LogP) is 4.77. The Balaban J connectivity index is 1.50. The third-order valence-electron chi connectivity index (χ3n) is 5.25. The second kappa shape index (κ2) is 7.44. The molecule has 1 fully saturated rings. The van der Waals surface area contributed by atoms with Gasteiger partial charge in [-0.2, -0.15) is 5.10 Å². The third kappa shape index (κ3) is 3.79. The Hall–Kier alpha value is -2.07. The highest BCUT2D eigenvalue weighted by Crippen LogP contribution is 2.36. The number of benzene rings is 1. The highest BCUT2D eigenvalue weighted by Gasteiger charge is 2.31. The van der Waals surface area contributed by atoms with Crippen LogP contribution < -0.4 is 5.01 Å². The average Bonchev–Trinajstić information content (AvgIpc) is 3.28. The van der Waals surface area contributed by atoms with Gasteiger partial charge in [0.1, 0.15) is 17.6 Å². The number of rotatable bonds is 5. The molecule has 2 aromatic rings. The van der Waals surface area contributed by atoms with Gasteiger partial charge >= 0.3 is 0 Å². The Morgan fingerprint density at radius 2 is 1.84 bits per heavy atom. The lowest BCUT2D eigenvalue weighted by atomic mass is 10.1. The first kappa shape index (κ1) is 16.4. The van der Waals surface area contributed by atoms with Gasteiger partial charge in [-0.3, -0.25) is 5.01 Å². The molecule has 2 aliphatic heterocycles. The van der Waals surface area contributed by atoms with Gasteiger partial charge in [-0.05, 0) is 57.1 Å². The molecule has 4 rings (SSSR count). The van der Waals surface area contributed by atoms with Gasteiger partial charge in [-0.1, -0.05) is 24.6 Å². The molecule has 0 saturated carbocycles. The van der Waals surface area contributed by atoms with Crippen molar-refractivity contribution in [2.45, 2.75) is 45.1 Å². The van der Waals surface area contributed by atoms with E-state index in [1.165, 1.54) is 38.1 Å². The van der Waals surface area contributed by atoms with E-state index in [-0.39, 0.29) is 6.04 Å². The lowest BCUT2D eigenvalue weighted by Gasteiger charge is -2.26. The van der Waals surface area contributed by atoms with Crippen molar-refractivity contribution in [3.63, 3.8) is 0 Å². The van der Waals surface area contributed by atoms with Crippen LogP contribution in [0.3, 0.4) is 0 Å². The van der Waals surface area contributed by atoms with Crippen LogP contribution in [0.4, 0.5) is 5.69 Å². The maximum Gasteiger partial charge on any atom is 0.129 e. The van der Waals surface area contributed by atoms with Crippen LogP contribution >= 0.6 is 0 Å². The van der Waals surface area contributed by atoms with E-state index < -0.39 is 0 Å². The zero-order chi connectivity index (χ0) is 17.1. The molecule has 25 heavy (non-hydrogen) atoms. The maximum atomic E-state index is 5.94. The maximum absolute atomic E-state index is 5.94. The molecule has 2 aliphatic rings. The number of hydrogen-bond donors (Lipinski definition) is 0. The molecule has 4 heteroatoms. The predicted molar refractivity (Wildman–Crippen MR) is 102 cm³/mol. The topological polar surface area (TPSA) is 32.0 Å². The van der Waals surface area contributed by atoms with Crippen LogP contribution in [0.15, 0.2) is 52.0 Å². The fourth-order valence-corrected chi connectivity index (χ4v) is 3.87. The van der Waals surface area contributed by atoms with Crippen LogP contribution in [0.2, 0.25) is 0 Å². The largest absolute Gasteiger partial charge is 0.464 e. The van der Waals surface area contributed by atoms with Crippen LogP contribution in [-0.2, 0) is 0 Å². The fourth-order valence-electron chi connectivity index (χ4n) is 3.87. The van der Waals surface area contributed by atoms with E-state index >= 15 is 0 Å². The van der Waals surface area contributed by atoms with E-state index in [9.17, 15) is 0 Å². The minimum absolute atomic E-state index is 0.174. The lowest BCUT2D eigenvalue weighted by molar-refractivity contribution is 0.234. The molecule has 1 aromatic carbocycles. The summed E-state index contributed by atoms with van der Waals surface area (Å²) in [5.74, 6) is 1.97. The van der Waals surface area contributed by atoms with Crippen molar-refractivity contribution in [3.05, 3.63) is 54.0 Å². The molecular formula is C21H27N3O. The molecule has 4 nitrogen and oxygen atoms in total. The summed E-state index contributed by atoms with van der Waals surface area (Å²) in [6, 6.07) is 14.8. The number of aryl methyl sites for hydroxylation is 1. The summed E-state index contributed by atoms with van der Waals surface area (Å²) in [4.78, 5) is 2.59. The van der Waals surface area contributed by atoms with Crippen molar-refractivity contribution >= 4 is 11.4 Å². The minimum atomic E-state index is 0.174. The number of nitrogens with zero attached hydrogens (tertiary/aromatic N) is 3. The number of furan rings is 1. The molecule has 1 unspecified atom stereocenters. The summed E-state index contributed by atoms with van der Waals surface area (Å²) >= 11 is 0. The standard InChI is InChI=1S/C21H27N3O/c1-17-10-11-21(25-17)20-16-18(12-15-23-13-6-3-7-14-23)22-24(20)19-8-4-2-5-9-19/h2,4-5,8-11,20H,3,6-7,12-16H2,1H3. The molecule has 1 aromatic heterocycles. The second-order valence-electron chi connectivity index (χ2n) is 7.17. The fraction of sp³-hybridized carbons (Fsp3) is 0.476. The first-order chi connectivity index (χ1) is 12.3. The van der Waals surface area contributed by atoms with Crippen molar-refractivity contribution < 1.29 is 4.42 Å². The number of anilines is 1. The van der Waals surface area contributed by atoms with Gasteiger partial charge in [0.05, 0.1) is 5.69 Å². The Kier molecular flexibility index (Phi) is 4.88. The molecule has 0 N–H and O–H groups in total. The molecule has 1 atom stereocenters. The Morgan fingerprint density at radius 1 is 1.04 bits per heavy atom. The SMILES string of the molecule is Cc1ccc(C2CC(CCN3CCCCC3)=NN2c2ccccc2)o1. The first-order valence-corrected chi connectivity index (χ1v) is 9.49. The van der Waals surface area contributed by atoms with E-state index in [1.54, 1.807) is 0 Å². The molecule has 132 valence electrons. The Bertz CT molecular complexity index is 716. The normalized spacial score (nSPS) is 21.6. The smallest absolute Gasteiger partial charge is 0.129 e. The van der Waals surface area contributed by atoms with Crippen LogP contribution in [0.25, 0.3) is 0 Å². The number of hydrazone groups is 1. The van der Waals surface area contributed by atoms with E-state index in [2.05, 4.69) is 40.2 Å². The van der Waals surface area contributed by atoms with E-state index in [4.69, 9.17) is 9.52 Å². The van der Waals surface area contributed by atoms with E-state index in [0.717, 1.165) is 36.6 Å². The quantitative estimate of drug-likeness (QED) is 0.787. The number of likely N-dealkylation sites (tertiary alicyclic amines) is 1. The van der Waals surface area contributed by atoms with Crippen molar-refractivity contribution in [1.29, 1.82) is 0 Å². The van der Waals surface area contributed by atoms with Gasteiger partial charge in [-0.15, -0.1) is 0 Å². The molecule has 0 radical (unpaired) electrons. The summed E-state index contributed by atoms with van der Waals surface area (Å²) < 4.78 is 5.94. The van der Waals surface area contributed by atoms with E-state index in [0.29, 0.717) is 0 Å². The summed E-state index contributed by atoms with van der Waals surface area (Å²) in [6.07, 6.45) is 6.09. The zero-order valence-corrected chi connectivity index (χ0v) is 15.0. The van der Waals surface area contributed by atoms with Crippen LogP contribution in [0.5, 0.6) is 0 Å². The van der Waals surface area contributed by atoms with Crippen molar-refractivity contribution in [2.24, 2.45) is 5.10 Å². The van der Waals surface area contributed by atoms with Gasteiger partial charge in [-0.25, -0.2) is 0 Å². The Labute approximate surface area is 150 Å². The van der Waals surface area contributed by atoms with Gasteiger partial charge < -0.3 is 9.32 Å². The van der Waals surface area contributed by atoms with E-state index in [1.807, 2.05) is 19.1 Å². The molecule has 3 heterocycles. The highest BCUT2D eigenvalue weighted by molar-refractivity contribution is 5.89. The molecule has 0 amide bonds. The lowest BCUT2D eigenvalue weighted by Crippen LogP contribution is -2.31. The second-order valence-corrected chi connectivity index (χ2v) is 7.17. The minimum Gasteiger partial charge on any atom is -0.464 e. The number of piperidine rings is 1. The third-order valence-corrected chi connectivity index (χ3v) is 5.25. The van der Waals surface area contributed by atoms with Gasteiger partial charge in [0, 0.05) is 25.1 Å². The van der Waals surface area contributed by atoms with Crippen LogP contribution in [-0.4, -0.2) is 30.2 Å². The van der Waals surface area contributed by atoms with Gasteiger partial charge in [0.15, 0.2) is 0 Å². The zero-order valence-electron chi connectivity index (χ0n) is 15.0. The van der Waals surface area contributed by atoms with Crippen LogP contribution in [0, 0.1) is 6.92 Å². The molecule has 1 saturated heterocycles. The molecule has 0 aliphatic carbocycles. The summed E-state index contributed by atoms with van der Waals surface area (Å²) in [5, 5.41) is 7.12. The van der Waals surface area contributed by atoms with Gasteiger partial charge in [0.2, 0.25) is 0 Å². The number of para-hydroxylation sites is 1. The van der Waals surface area contributed by atoms with Crippen molar-refractivity contribution in [3.8, 4) is 0 Å². The van der Waals surface area contributed by atoms with Crippen molar-refractivity contribution in [1.82, 2.24) is 4.90 Å². The molecule has 0 bridgehead atoms. The first-order valence-electron chi connectivity index (χ1n) is 9.49. The highest BCUT2D eigenvalue weighted by atomic mass is 16.3. The summed E-state index contributed by atoms with van der Waals surface area (Å²) in [5.41, 5.74) is 2.42. The van der Waals surface area contributed by atoms with Gasteiger partial charge in [0.25, 0.3) is 0 Å². The van der Waals surface area contributed by atoms with Crippen LogP contribution in [0.1, 0.15) is 49.7 Å². The summed E-state index contributed by atoms with van der Waals surface area (Å²) in [7, 11) is 0.